The van der Waals surface area contributed by atoms with Gasteiger partial charge in [0.05, 0.1) is 6.61 Å². The Labute approximate surface area is 183 Å². The van der Waals surface area contributed by atoms with Crippen molar-refractivity contribution in [2.75, 3.05) is 6.61 Å². The van der Waals surface area contributed by atoms with E-state index in [1.54, 1.807) is 12.1 Å². The Kier molecular flexibility index (Phi) is 7.67. The lowest BCUT2D eigenvalue weighted by atomic mass is 9.99. The van der Waals surface area contributed by atoms with Crippen molar-refractivity contribution in [1.82, 2.24) is 0 Å². The van der Waals surface area contributed by atoms with Gasteiger partial charge in [-0.2, -0.15) is 0 Å². The minimum absolute atomic E-state index is 0.0856. The monoisotopic (exact) mass is 448 g/mol. The van der Waals surface area contributed by atoms with Gasteiger partial charge in [-0.1, -0.05) is 12.1 Å². The average Bonchev–Trinajstić information content (AvgIpc) is 2.78. The highest BCUT2D eigenvalue weighted by molar-refractivity contribution is 5.87. The van der Waals surface area contributed by atoms with Gasteiger partial charge in [-0.25, -0.2) is 4.79 Å². The fraction of sp³-hybridized carbons (Fsp3) is 0.318. The van der Waals surface area contributed by atoms with Gasteiger partial charge in [-0.15, -0.1) is 0 Å². The summed E-state index contributed by atoms with van der Waals surface area (Å²) in [5.74, 6) is -0.625. The van der Waals surface area contributed by atoms with Crippen LogP contribution in [0.15, 0.2) is 48.5 Å². The van der Waals surface area contributed by atoms with E-state index in [0.717, 1.165) is 0 Å². The van der Waals surface area contributed by atoms with Crippen LogP contribution < -0.4 is 4.74 Å². The number of phenolic OH excluding ortho intramolecular Hbond substituents is 2. The SMILES string of the molecule is O=C(C=Cc1ccc(O)cc1)OCc1cc(O)ccc1O[C@@H]1O[C@H](CO)[C@@H](O)[C@H](O)[C@H]1O. The van der Waals surface area contributed by atoms with Gasteiger partial charge in [-0.05, 0) is 42.0 Å². The van der Waals surface area contributed by atoms with Crippen LogP contribution in [0, 0.1) is 0 Å². The van der Waals surface area contributed by atoms with Gasteiger partial charge in [0.2, 0.25) is 6.29 Å². The zero-order chi connectivity index (χ0) is 23.3. The van der Waals surface area contributed by atoms with Crippen LogP contribution in [0.2, 0.25) is 0 Å². The molecule has 3 rings (SSSR count). The molecule has 0 amide bonds. The summed E-state index contributed by atoms with van der Waals surface area (Å²) in [7, 11) is 0. The van der Waals surface area contributed by atoms with Crippen molar-refractivity contribution in [3.63, 3.8) is 0 Å². The van der Waals surface area contributed by atoms with E-state index in [1.807, 2.05) is 0 Å². The van der Waals surface area contributed by atoms with Gasteiger partial charge in [0.25, 0.3) is 0 Å². The lowest BCUT2D eigenvalue weighted by molar-refractivity contribution is -0.277. The van der Waals surface area contributed by atoms with Crippen LogP contribution in [0.1, 0.15) is 11.1 Å². The lowest BCUT2D eigenvalue weighted by Gasteiger charge is -2.39. The second-order valence-electron chi connectivity index (χ2n) is 7.14. The van der Waals surface area contributed by atoms with Gasteiger partial charge >= 0.3 is 5.97 Å². The van der Waals surface area contributed by atoms with Crippen LogP contribution in [0.3, 0.4) is 0 Å². The summed E-state index contributed by atoms with van der Waals surface area (Å²) in [5, 5.41) is 58.2. The number of aliphatic hydroxyl groups is 4. The topological polar surface area (TPSA) is 166 Å². The number of ether oxygens (including phenoxy) is 3. The molecule has 1 saturated heterocycles. The van der Waals surface area contributed by atoms with Crippen molar-refractivity contribution in [1.29, 1.82) is 0 Å². The largest absolute Gasteiger partial charge is 0.508 e. The van der Waals surface area contributed by atoms with E-state index in [0.29, 0.717) is 5.56 Å². The van der Waals surface area contributed by atoms with E-state index in [2.05, 4.69) is 0 Å². The van der Waals surface area contributed by atoms with E-state index in [-0.39, 0.29) is 29.4 Å². The third-order valence-corrected chi connectivity index (χ3v) is 4.81. The highest BCUT2D eigenvalue weighted by atomic mass is 16.7. The van der Waals surface area contributed by atoms with Crippen molar-refractivity contribution in [2.24, 2.45) is 0 Å². The molecule has 10 nitrogen and oxygen atoms in total. The molecule has 1 aliphatic heterocycles. The summed E-state index contributed by atoms with van der Waals surface area (Å²) >= 11 is 0. The first-order valence-corrected chi connectivity index (χ1v) is 9.71. The fourth-order valence-electron chi connectivity index (χ4n) is 3.03. The second-order valence-corrected chi connectivity index (χ2v) is 7.14. The van der Waals surface area contributed by atoms with Crippen molar-refractivity contribution >= 4 is 12.0 Å². The predicted molar refractivity (Wildman–Crippen MR) is 109 cm³/mol. The Balaban J connectivity index is 1.67. The second kappa shape index (κ2) is 10.4. The van der Waals surface area contributed by atoms with Crippen LogP contribution in [0.4, 0.5) is 0 Å². The maximum atomic E-state index is 12.0. The van der Waals surface area contributed by atoms with Crippen LogP contribution in [-0.4, -0.2) is 73.9 Å². The highest BCUT2D eigenvalue weighted by Crippen LogP contribution is 2.29. The number of carbonyl (C=O) groups excluding carboxylic acids is 1. The smallest absolute Gasteiger partial charge is 0.331 e. The standard InChI is InChI=1S/C22H24O10/c23-10-17-19(27)20(28)21(29)22(32-17)31-16-7-6-15(25)9-13(16)11-30-18(26)8-3-12-1-4-14(24)5-2-12/h1-9,17,19-25,27-29H,10-11H2/t17-,19-,20+,21-,22-/m1/s1. The van der Waals surface area contributed by atoms with Crippen LogP contribution in [-0.2, 0) is 20.9 Å². The molecule has 0 spiro atoms. The number of aromatic hydroxyl groups is 2. The van der Waals surface area contributed by atoms with Crippen LogP contribution in [0.25, 0.3) is 6.08 Å². The zero-order valence-corrected chi connectivity index (χ0v) is 16.8. The lowest BCUT2D eigenvalue weighted by Crippen LogP contribution is -2.60. The number of benzene rings is 2. The fourth-order valence-corrected chi connectivity index (χ4v) is 3.03. The van der Waals surface area contributed by atoms with Crippen molar-refractivity contribution < 1.29 is 49.6 Å². The van der Waals surface area contributed by atoms with E-state index in [9.17, 15) is 35.4 Å². The highest BCUT2D eigenvalue weighted by Gasteiger charge is 2.44. The summed E-state index contributed by atoms with van der Waals surface area (Å²) in [5.41, 5.74) is 0.914. The van der Waals surface area contributed by atoms with Crippen molar-refractivity contribution in [2.45, 2.75) is 37.3 Å². The summed E-state index contributed by atoms with van der Waals surface area (Å²) in [6.45, 7) is -0.905. The molecule has 0 radical (unpaired) electrons. The third-order valence-electron chi connectivity index (χ3n) is 4.81. The molecule has 6 N–H and O–H groups in total. The van der Waals surface area contributed by atoms with Crippen molar-refractivity contribution in [3.8, 4) is 17.2 Å². The molecule has 1 fully saturated rings. The molecule has 0 aliphatic carbocycles. The summed E-state index contributed by atoms with van der Waals surface area (Å²) in [6, 6.07) is 10.1. The number of rotatable bonds is 7. The third kappa shape index (κ3) is 5.75. The molecular formula is C22H24O10. The molecule has 1 aliphatic rings. The predicted octanol–water partition coefficient (Wildman–Crippen LogP) is 0.0331. The minimum Gasteiger partial charge on any atom is -0.508 e. The molecule has 5 atom stereocenters. The molecule has 1 heterocycles. The Morgan fingerprint density at radius 1 is 0.969 bits per heavy atom. The van der Waals surface area contributed by atoms with Crippen LogP contribution in [0.5, 0.6) is 17.2 Å². The number of hydrogen-bond donors (Lipinski definition) is 6. The maximum Gasteiger partial charge on any atom is 0.331 e. The first-order chi connectivity index (χ1) is 15.3. The molecule has 172 valence electrons. The van der Waals surface area contributed by atoms with E-state index in [1.165, 1.54) is 42.5 Å². The number of phenols is 2. The van der Waals surface area contributed by atoms with Gasteiger partial charge in [0.1, 0.15) is 48.3 Å². The van der Waals surface area contributed by atoms with Crippen molar-refractivity contribution in [3.05, 3.63) is 59.7 Å². The summed E-state index contributed by atoms with van der Waals surface area (Å²) in [6.07, 6.45) is -4.67. The molecule has 10 heteroatoms. The summed E-state index contributed by atoms with van der Waals surface area (Å²) < 4.78 is 16.1. The van der Waals surface area contributed by atoms with Gasteiger partial charge in [0.15, 0.2) is 0 Å². The first kappa shape index (κ1) is 23.5. The number of hydrogen-bond acceptors (Lipinski definition) is 10. The Hall–Kier alpha value is -3.15. The van der Waals surface area contributed by atoms with Gasteiger partial charge in [-0.3, -0.25) is 0 Å². The average molecular weight is 448 g/mol. The molecule has 0 unspecified atom stereocenters. The Morgan fingerprint density at radius 3 is 2.34 bits per heavy atom. The Morgan fingerprint density at radius 2 is 1.66 bits per heavy atom. The molecule has 0 saturated carbocycles. The van der Waals surface area contributed by atoms with E-state index in [4.69, 9.17) is 14.2 Å². The normalized spacial score (nSPS) is 25.6. The van der Waals surface area contributed by atoms with E-state index < -0.39 is 43.3 Å². The Bertz CT molecular complexity index is 940. The quantitative estimate of drug-likeness (QED) is 0.251. The number of aliphatic hydroxyl groups excluding tert-OH is 4. The zero-order valence-electron chi connectivity index (χ0n) is 16.8. The molecule has 2 aromatic rings. The molecule has 32 heavy (non-hydrogen) atoms. The van der Waals surface area contributed by atoms with Gasteiger partial charge < -0.3 is 44.8 Å². The summed E-state index contributed by atoms with van der Waals surface area (Å²) in [4.78, 5) is 12.0. The van der Waals surface area contributed by atoms with E-state index >= 15 is 0 Å². The molecule has 0 aromatic heterocycles. The number of esters is 1. The molecule has 0 bridgehead atoms. The van der Waals surface area contributed by atoms with Crippen LogP contribution >= 0.6 is 0 Å². The minimum atomic E-state index is -1.62. The maximum absolute atomic E-state index is 12.0. The molecule has 2 aromatic carbocycles. The first-order valence-electron chi connectivity index (χ1n) is 9.71. The number of carbonyl (C=O) groups is 1. The van der Waals surface area contributed by atoms with Gasteiger partial charge in [0, 0.05) is 11.6 Å². The molecular weight excluding hydrogens is 424 g/mol.